The minimum atomic E-state index is 0.698. The van der Waals surface area contributed by atoms with Crippen LogP contribution in [0.25, 0.3) is 11.1 Å². The molecule has 1 aliphatic rings. The van der Waals surface area contributed by atoms with Crippen molar-refractivity contribution >= 4 is 22.9 Å². The zero-order chi connectivity index (χ0) is 20.3. The normalized spacial score (nSPS) is 12.6. The van der Waals surface area contributed by atoms with Crippen molar-refractivity contribution in [3.63, 3.8) is 0 Å². The van der Waals surface area contributed by atoms with Crippen LogP contribution in [-0.2, 0) is 0 Å². The Bertz CT molecular complexity index is 1190. The number of rotatable bonds is 4. The molecule has 4 heteroatoms. The van der Waals surface area contributed by atoms with E-state index in [2.05, 4.69) is 42.5 Å². The first kappa shape index (κ1) is 18.0. The second kappa shape index (κ2) is 7.76. The maximum absolute atomic E-state index is 5.28. The first-order valence-corrected chi connectivity index (χ1v) is 9.81. The lowest BCUT2D eigenvalue weighted by Gasteiger charge is -2.29. The molecule has 4 aromatic rings. The molecule has 0 atom stereocenters. The second-order valence-electron chi connectivity index (χ2n) is 6.98. The number of amidine groups is 1. The van der Waals surface area contributed by atoms with Crippen LogP contribution in [0.5, 0.6) is 5.75 Å². The molecule has 4 nitrogen and oxygen atoms in total. The fourth-order valence-corrected chi connectivity index (χ4v) is 3.51. The van der Waals surface area contributed by atoms with Gasteiger partial charge in [0.25, 0.3) is 0 Å². The number of aliphatic imine (C=N–C) groups is 1. The van der Waals surface area contributed by atoms with E-state index >= 15 is 0 Å². The fraction of sp³-hybridized carbons (Fsp3) is 0.0385. The minimum absolute atomic E-state index is 0.698. The zero-order valence-corrected chi connectivity index (χ0v) is 16.6. The smallest absolute Gasteiger partial charge is 0.180 e. The molecule has 1 radical (unpaired) electrons. The molecule has 0 saturated heterocycles. The van der Waals surface area contributed by atoms with Crippen LogP contribution < -0.4 is 15.2 Å². The Kier molecular flexibility index (Phi) is 4.66. The van der Waals surface area contributed by atoms with Crippen molar-refractivity contribution < 1.29 is 4.74 Å². The first-order valence-electron chi connectivity index (χ1n) is 9.81. The summed E-state index contributed by atoms with van der Waals surface area (Å²) in [4.78, 5) is 4.84. The van der Waals surface area contributed by atoms with E-state index in [4.69, 9.17) is 15.2 Å². The lowest BCUT2D eigenvalue weighted by Crippen LogP contribution is -2.35. The van der Waals surface area contributed by atoms with E-state index < -0.39 is 0 Å². The van der Waals surface area contributed by atoms with Crippen molar-refractivity contribution in [1.29, 1.82) is 0 Å². The summed E-state index contributed by atoms with van der Waals surface area (Å²) in [5, 5.41) is 1.97. The monoisotopic (exact) mass is 390 g/mol. The van der Waals surface area contributed by atoms with Gasteiger partial charge in [0.1, 0.15) is 5.75 Å². The van der Waals surface area contributed by atoms with E-state index in [1.807, 2.05) is 65.7 Å². The summed E-state index contributed by atoms with van der Waals surface area (Å²) in [6, 6.07) is 34.6. The Hall–Kier alpha value is -4.05. The van der Waals surface area contributed by atoms with Gasteiger partial charge >= 0.3 is 0 Å². The molecule has 0 N–H and O–H groups in total. The molecule has 1 aliphatic heterocycles. The molecule has 0 aliphatic carbocycles. The fourth-order valence-electron chi connectivity index (χ4n) is 3.51. The summed E-state index contributed by atoms with van der Waals surface area (Å²) in [6.45, 7) is 0. The predicted octanol–water partition coefficient (Wildman–Crippen LogP) is 6.11. The summed E-state index contributed by atoms with van der Waals surface area (Å²) in [6.07, 6.45) is 0. The molecule has 0 fully saturated rings. The Morgan fingerprint density at radius 1 is 0.667 bits per heavy atom. The highest BCUT2D eigenvalue weighted by atomic mass is 16.5. The molecule has 0 saturated carbocycles. The number of anilines is 2. The van der Waals surface area contributed by atoms with Gasteiger partial charge in [0.2, 0.25) is 0 Å². The molecule has 0 spiro atoms. The van der Waals surface area contributed by atoms with E-state index in [1.54, 1.807) is 7.11 Å². The maximum Gasteiger partial charge on any atom is 0.180 e. The topological polar surface area (TPSA) is 38.9 Å². The number of nitrogens with zero attached hydrogens (tertiary/aromatic N) is 3. The second-order valence-corrected chi connectivity index (χ2v) is 6.98. The molecule has 30 heavy (non-hydrogen) atoms. The quantitative estimate of drug-likeness (QED) is 0.422. The van der Waals surface area contributed by atoms with Crippen LogP contribution in [0.15, 0.2) is 108 Å². The highest BCUT2D eigenvalue weighted by Gasteiger charge is 2.24. The number of para-hydroxylation sites is 1. The third-order valence-electron chi connectivity index (χ3n) is 5.08. The van der Waals surface area contributed by atoms with Gasteiger partial charge in [0.05, 0.1) is 24.2 Å². The highest BCUT2D eigenvalue weighted by Crippen LogP contribution is 2.39. The first-order chi connectivity index (χ1) is 14.8. The molecule has 0 amide bonds. The molecular formula is C26H20N3O. The summed E-state index contributed by atoms with van der Waals surface area (Å²) in [5.41, 5.74) is 10.9. The standard InChI is InChI=1S/C26H20N3O/c1-30-23-15-12-19(13-16-23)21-14-17-24-25(18-21)29(22-10-6-3-7-11-22)28-26(27-24)20-8-4-2-5-9-20/h2-18H,1H3. The number of fused-ring (bicyclic) bond motifs is 1. The van der Waals surface area contributed by atoms with E-state index in [0.29, 0.717) is 5.84 Å². The van der Waals surface area contributed by atoms with Gasteiger partial charge in [-0.1, -0.05) is 66.7 Å². The third-order valence-corrected chi connectivity index (χ3v) is 5.08. The Morgan fingerprint density at radius 2 is 1.33 bits per heavy atom. The van der Waals surface area contributed by atoms with E-state index in [9.17, 15) is 0 Å². The van der Waals surface area contributed by atoms with Crippen molar-refractivity contribution in [2.45, 2.75) is 0 Å². The van der Waals surface area contributed by atoms with E-state index in [1.165, 1.54) is 0 Å². The third kappa shape index (κ3) is 3.40. The number of methoxy groups -OCH3 is 1. The van der Waals surface area contributed by atoms with Crippen LogP contribution >= 0.6 is 0 Å². The maximum atomic E-state index is 5.28. The van der Waals surface area contributed by atoms with Crippen LogP contribution in [0.2, 0.25) is 0 Å². The van der Waals surface area contributed by atoms with Gasteiger partial charge in [-0.25, -0.2) is 10.0 Å². The molecule has 0 unspecified atom stereocenters. The summed E-state index contributed by atoms with van der Waals surface area (Å²) < 4.78 is 5.28. The molecule has 0 aromatic heterocycles. The van der Waals surface area contributed by atoms with E-state index in [-0.39, 0.29) is 0 Å². The summed E-state index contributed by atoms with van der Waals surface area (Å²) in [7, 11) is 1.68. The van der Waals surface area contributed by atoms with Crippen LogP contribution in [0.3, 0.4) is 0 Å². The lowest BCUT2D eigenvalue weighted by molar-refractivity contribution is 0.415. The molecule has 1 heterocycles. The molecule has 0 bridgehead atoms. The van der Waals surface area contributed by atoms with Crippen LogP contribution in [0.1, 0.15) is 5.56 Å². The highest BCUT2D eigenvalue weighted by molar-refractivity contribution is 6.05. The SMILES string of the molecule is COc1ccc(-c2ccc3c(c2)N(c2ccccc2)[N]C(c2ccccc2)=N3)cc1. The average molecular weight is 390 g/mol. The van der Waals surface area contributed by atoms with Crippen molar-refractivity contribution in [3.8, 4) is 16.9 Å². The lowest BCUT2D eigenvalue weighted by atomic mass is 10.0. The Labute approximate surface area is 176 Å². The van der Waals surface area contributed by atoms with Gasteiger partial charge in [-0.05, 0) is 47.5 Å². The molecular weight excluding hydrogens is 370 g/mol. The minimum Gasteiger partial charge on any atom is -0.497 e. The van der Waals surface area contributed by atoms with Gasteiger partial charge in [0.15, 0.2) is 5.84 Å². The Morgan fingerprint density at radius 3 is 2.03 bits per heavy atom. The number of ether oxygens (including phenoxy) is 1. The number of hydrogen-bond donors (Lipinski definition) is 0. The van der Waals surface area contributed by atoms with Crippen molar-refractivity contribution in [3.05, 3.63) is 109 Å². The summed E-state index contributed by atoms with van der Waals surface area (Å²) >= 11 is 0. The molecule has 5 rings (SSSR count). The molecule has 4 aromatic carbocycles. The van der Waals surface area contributed by atoms with Gasteiger partial charge in [0, 0.05) is 5.56 Å². The number of benzene rings is 4. The van der Waals surface area contributed by atoms with Crippen LogP contribution in [0, 0.1) is 0 Å². The Balaban J connectivity index is 1.62. The van der Waals surface area contributed by atoms with Gasteiger partial charge < -0.3 is 4.74 Å². The largest absolute Gasteiger partial charge is 0.497 e. The van der Waals surface area contributed by atoms with Crippen molar-refractivity contribution in [1.82, 2.24) is 5.43 Å². The van der Waals surface area contributed by atoms with Gasteiger partial charge in [-0.2, -0.15) is 0 Å². The van der Waals surface area contributed by atoms with E-state index in [0.717, 1.165) is 39.5 Å². The van der Waals surface area contributed by atoms with Gasteiger partial charge in [-0.15, -0.1) is 5.43 Å². The van der Waals surface area contributed by atoms with Crippen molar-refractivity contribution in [2.75, 3.05) is 12.1 Å². The summed E-state index contributed by atoms with van der Waals surface area (Å²) in [5.74, 6) is 1.54. The molecule has 145 valence electrons. The van der Waals surface area contributed by atoms with Crippen LogP contribution in [-0.4, -0.2) is 12.9 Å². The van der Waals surface area contributed by atoms with Crippen molar-refractivity contribution in [2.24, 2.45) is 4.99 Å². The number of hydrogen-bond acceptors (Lipinski definition) is 3. The van der Waals surface area contributed by atoms with Gasteiger partial charge in [-0.3, -0.25) is 0 Å². The van der Waals surface area contributed by atoms with Crippen LogP contribution in [0.4, 0.5) is 17.1 Å². The zero-order valence-electron chi connectivity index (χ0n) is 16.6. The average Bonchev–Trinajstić information content (AvgIpc) is 2.84. The predicted molar refractivity (Wildman–Crippen MR) is 122 cm³/mol.